The van der Waals surface area contributed by atoms with Crippen molar-refractivity contribution in [2.75, 3.05) is 34.0 Å². The highest BCUT2D eigenvalue weighted by Gasteiger charge is 2.38. The predicted molar refractivity (Wildman–Crippen MR) is 166 cm³/mol. The van der Waals surface area contributed by atoms with Crippen LogP contribution in [0.5, 0.6) is 11.5 Å². The van der Waals surface area contributed by atoms with E-state index in [4.69, 9.17) is 18.9 Å². The first-order chi connectivity index (χ1) is 21.0. The molecule has 0 bridgehead atoms. The molecule has 1 aromatic heterocycles. The second kappa shape index (κ2) is 13.9. The van der Waals surface area contributed by atoms with E-state index < -0.39 is 17.8 Å². The second-order valence-electron chi connectivity index (χ2n) is 10.1. The monoisotopic (exact) mass is 580 g/mol. The summed E-state index contributed by atoms with van der Waals surface area (Å²) in [6.07, 6.45) is 0.906. The first kappa shape index (κ1) is 29.7. The molecule has 8 nitrogen and oxygen atoms in total. The molecule has 0 fully saturated rings. The van der Waals surface area contributed by atoms with Gasteiger partial charge in [-0.25, -0.2) is 4.79 Å². The molecule has 1 atom stereocenters. The summed E-state index contributed by atoms with van der Waals surface area (Å²) < 4.78 is 22.8. The van der Waals surface area contributed by atoms with Gasteiger partial charge in [-0.15, -0.1) is 0 Å². The Morgan fingerprint density at radius 3 is 2.02 bits per heavy atom. The topological polar surface area (TPSA) is 102 Å². The van der Waals surface area contributed by atoms with Crippen LogP contribution in [0.25, 0.3) is 10.9 Å². The van der Waals surface area contributed by atoms with E-state index in [0.717, 1.165) is 33.2 Å². The normalized spacial score (nSPS) is 12.1. The lowest BCUT2D eigenvalue weighted by Gasteiger charge is -2.36. The van der Waals surface area contributed by atoms with Crippen LogP contribution in [0, 0.1) is 0 Å². The summed E-state index contributed by atoms with van der Waals surface area (Å²) in [6, 6.07) is 33.1. The highest BCUT2D eigenvalue weighted by molar-refractivity contribution is 5.83. The number of methoxy groups -OCH3 is 2. The summed E-state index contributed by atoms with van der Waals surface area (Å²) in [7, 11) is 3.24. The molecule has 1 amide bonds. The predicted octanol–water partition coefficient (Wildman–Crippen LogP) is 5.82. The number of carbonyl (C=O) groups is 1. The van der Waals surface area contributed by atoms with Crippen molar-refractivity contribution < 1.29 is 28.8 Å². The van der Waals surface area contributed by atoms with E-state index in [-0.39, 0.29) is 19.8 Å². The Kier molecular flexibility index (Phi) is 9.61. The summed E-state index contributed by atoms with van der Waals surface area (Å²) in [6.45, 7) is 0.108. The van der Waals surface area contributed by atoms with Crippen LogP contribution in [0.2, 0.25) is 0 Å². The van der Waals surface area contributed by atoms with Gasteiger partial charge >= 0.3 is 6.09 Å². The zero-order chi connectivity index (χ0) is 30.1. The molecule has 1 heterocycles. The van der Waals surface area contributed by atoms with Crippen molar-refractivity contribution in [3.63, 3.8) is 0 Å². The Bertz CT molecular complexity index is 1550. The van der Waals surface area contributed by atoms with Crippen molar-refractivity contribution >= 4 is 17.0 Å². The first-order valence-electron chi connectivity index (χ1n) is 14.2. The van der Waals surface area contributed by atoms with Crippen molar-refractivity contribution in [1.29, 1.82) is 0 Å². The third-order valence-electron chi connectivity index (χ3n) is 7.43. The van der Waals surface area contributed by atoms with Gasteiger partial charge in [-0.1, -0.05) is 72.8 Å². The van der Waals surface area contributed by atoms with Gasteiger partial charge in [0.25, 0.3) is 0 Å². The largest absolute Gasteiger partial charge is 0.497 e. The van der Waals surface area contributed by atoms with Gasteiger partial charge in [0.05, 0.1) is 33.5 Å². The van der Waals surface area contributed by atoms with Crippen LogP contribution in [0.3, 0.4) is 0 Å². The highest BCUT2D eigenvalue weighted by Crippen LogP contribution is 2.41. The number of hydrogen-bond acceptors (Lipinski definition) is 6. The van der Waals surface area contributed by atoms with Crippen molar-refractivity contribution in [3.8, 4) is 11.5 Å². The molecule has 5 aromatic rings. The van der Waals surface area contributed by atoms with Gasteiger partial charge in [0.15, 0.2) is 0 Å². The quantitative estimate of drug-likeness (QED) is 0.152. The van der Waals surface area contributed by atoms with Gasteiger partial charge in [-0.05, 0) is 52.6 Å². The number of ether oxygens (including phenoxy) is 4. The van der Waals surface area contributed by atoms with E-state index in [1.165, 1.54) is 0 Å². The van der Waals surface area contributed by atoms with Gasteiger partial charge in [0.1, 0.15) is 17.1 Å². The highest BCUT2D eigenvalue weighted by atomic mass is 16.5. The fourth-order valence-corrected chi connectivity index (χ4v) is 5.20. The maximum absolute atomic E-state index is 12.4. The van der Waals surface area contributed by atoms with E-state index in [0.29, 0.717) is 17.9 Å². The number of H-pyrrole nitrogens is 1. The van der Waals surface area contributed by atoms with E-state index in [9.17, 15) is 9.90 Å². The van der Waals surface area contributed by atoms with Crippen LogP contribution < -0.4 is 14.8 Å². The van der Waals surface area contributed by atoms with Crippen LogP contribution in [-0.2, 0) is 21.5 Å². The number of aromatic nitrogens is 1. The number of amides is 1. The van der Waals surface area contributed by atoms with Crippen molar-refractivity contribution in [2.45, 2.75) is 18.1 Å². The van der Waals surface area contributed by atoms with E-state index in [1.807, 2.05) is 109 Å². The van der Waals surface area contributed by atoms with E-state index >= 15 is 0 Å². The summed E-state index contributed by atoms with van der Waals surface area (Å²) in [4.78, 5) is 15.6. The SMILES string of the molecule is COc1ccc(C(OC[C@@H](O)CNC(=O)OCCc2c[nH]c3ccccc23)(c2ccccc2)c2ccc(OC)cc2)cc1. The summed E-state index contributed by atoms with van der Waals surface area (Å²) in [5.41, 5.74) is 3.62. The second-order valence-corrected chi connectivity index (χ2v) is 10.1. The molecule has 3 N–H and O–H groups in total. The molecule has 4 aromatic carbocycles. The number of aliphatic hydroxyl groups is 1. The molecule has 5 rings (SSSR count). The number of benzene rings is 4. The summed E-state index contributed by atoms with van der Waals surface area (Å²) in [5.74, 6) is 1.43. The molecule has 0 unspecified atom stereocenters. The number of aromatic amines is 1. The zero-order valence-corrected chi connectivity index (χ0v) is 24.3. The molecule has 8 heteroatoms. The Morgan fingerprint density at radius 2 is 1.40 bits per heavy atom. The van der Waals surface area contributed by atoms with Crippen LogP contribution in [0.15, 0.2) is 109 Å². The maximum atomic E-state index is 12.4. The number of rotatable bonds is 13. The third kappa shape index (κ3) is 6.83. The minimum Gasteiger partial charge on any atom is -0.497 e. The molecule has 0 saturated carbocycles. The standard InChI is InChI=1S/C35H36N2O6/c1-40-30-16-12-27(13-17-30)35(26-8-4-3-5-9-26,28-14-18-31(41-2)19-15-28)43-24-29(38)23-37-34(39)42-21-20-25-22-36-33-11-7-6-10-32(25)33/h3-19,22,29,36,38H,20-21,23-24H2,1-2H3,(H,37,39)/t29-/m0/s1. The van der Waals surface area contributed by atoms with Crippen molar-refractivity contribution in [3.05, 3.63) is 132 Å². The van der Waals surface area contributed by atoms with Gasteiger partial charge in [0, 0.05) is 30.1 Å². The number of fused-ring (bicyclic) bond motifs is 1. The maximum Gasteiger partial charge on any atom is 0.407 e. The Hall–Kier alpha value is -4.79. The summed E-state index contributed by atoms with van der Waals surface area (Å²) in [5, 5.41) is 14.7. The number of aliphatic hydroxyl groups excluding tert-OH is 1. The molecule has 222 valence electrons. The van der Waals surface area contributed by atoms with Crippen LogP contribution in [0.4, 0.5) is 4.79 Å². The average molecular weight is 581 g/mol. The van der Waals surface area contributed by atoms with Gasteiger partial charge in [0.2, 0.25) is 0 Å². The van der Waals surface area contributed by atoms with Crippen molar-refractivity contribution in [2.24, 2.45) is 0 Å². The van der Waals surface area contributed by atoms with Crippen LogP contribution in [-0.4, -0.2) is 56.3 Å². The lowest BCUT2D eigenvalue weighted by Crippen LogP contribution is -2.40. The molecule has 0 aliphatic carbocycles. The molecule has 0 saturated heterocycles. The number of nitrogens with one attached hydrogen (secondary N) is 2. The zero-order valence-electron chi connectivity index (χ0n) is 24.3. The fraction of sp³-hybridized carbons (Fsp3) is 0.229. The van der Waals surface area contributed by atoms with E-state index in [1.54, 1.807) is 14.2 Å². The average Bonchev–Trinajstić information content (AvgIpc) is 3.48. The Balaban J connectivity index is 1.28. The third-order valence-corrected chi connectivity index (χ3v) is 7.43. The molecule has 43 heavy (non-hydrogen) atoms. The van der Waals surface area contributed by atoms with Gasteiger partial charge in [-0.3, -0.25) is 0 Å². The Labute approximate surface area is 251 Å². The molecule has 0 aliphatic rings. The molecule has 0 aliphatic heterocycles. The van der Waals surface area contributed by atoms with Gasteiger partial charge in [-0.2, -0.15) is 0 Å². The van der Waals surface area contributed by atoms with Crippen molar-refractivity contribution in [1.82, 2.24) is 10.3 Å². The van der Waals surface area contributed by atoms with Gasteiger partial charge < -0.3 is 34.4 Å². The Morgan fingerprint density at radius 1 is 0.814 bits per heavy atom. The number of hydrogen-bond donors (Lipinski definition) is 3. The van der Waals surface area contributed by atoms with E-state index in [2.05, 4.69) is 10.3 Å². The minimum atomic E-state index is -1.07. The van der Waals surface area contributed by atoms with Crippen LogP contribution >= 0.6 is 0 Å². The lowest BCUT2D eigenvalue weighted by molar-refractivity contribution is -0.0370. The lowest BCUT2D eigenvalue weighted by atomic mass is 9.80. The minimum absolute atomic E-state index is 0.0397. The molecular formula is C35H36N2O6. The molecule has 0 spiro atoms. The molecule has 0 radical (unpaired) electrons. The van der Waals surface area contributed by atoms with Crippen LogP contribution in [0.1, 0.15) is 22.3 Å². The number of alkyl carbamates (subject to hydrolysis) is 1. The molecular weight excluding hydrogens is 544 g/mol. The number of carbonyl (C=O) groups excluding carboxylic acids is 1. The smallest absolute Gasteiger partial charge is 0.407 e. The fourth-order valence-electron chi connectivity index (χ4n) is 5.20. The first-order valence-corrected chi connectivity index (χ1v) is 14.2. The summed E-state index contributed by atoms with van der Waals surface area (Å²) >= 11 is 0. The number of para-hydroxylation sites is 1.